The summed E-state index contributed by atoms with van der Waals surface area (Å²) in [5.41, 5.74) is 5.55. The van der Waals surface area contributed by atoms with Crippen molar-refractivity contribution in [2.45, 2.75) is 4.90 Å². The molecule has 0 amide bonds. The van der Waals surface area contributed by atoms with Crippen LogP contribution in [0.2, 0.25) is 0 Å². The Morgan fingerprint density at radius 3 is 2.30 bits per heavy atom. The summed E-state index contributed by atoms with van der Waals surface area (Å²) in [6.07, 6.45) is 0.802. The monoisotopic (exact) mass is 301 g/mol. The van der Waals surface area contributed by atoms with Crippen molar-refractivity contribution in [3.63, 3.8) is 0 Å². The van der Waals surface area contributed by atoms with Crippen LogP contribution in [-0.4, -0.2) is 26.2 Å². The standard InChI is InChI=1S/C10H9F2N5O2S/c1-20(18,19)5-2-6(11)9(7(12)3-5)17-16-8(4-13)10(14)15/h2-3,17H,1H3,(H3,14,15)/b16-8+. The minimum atomic E-state index is -3.76. The van der Waals surface area contributed by atoms with Crippen molar-refractivity contribution in [2.75, 3.05) is 11.7 Å². The van der Waals surface area contributed by atoms with Crippen LogP contribution < -0.4 is 11.2 Å². The summed E-state index contributed by atoms with van der Waals surface area (Å²) in [7, 11) is -3.76. The average molecular weight is 301 g/mol. The van der Waals surface area contributed by atoms with E-state index in [1.165, 1.54) is 6.07 Å². The molecule has 0 aliphatic heterocycles. The van der Waals surface area contributed by atoms with Gasteiger partial charge in [-0.05, 0) is 12.1 Å². The van der Waals surface area contributed by atoms with Gasteiger partial charge in [0.1, 0.15) is 11.8 Å². The van der Waals surface area contributed by atoms with Crippen LogP contribution in [0.1, 0.15) is 0 Å². The number of halogens is 2. The molecule has 0 aliphatic rings. The number of hydrazone groups is 1. The Labute approximate surface area is 113 Å². The van der Waals surface area contributed by atoms with Crippen molar-refractivity contribution < 1.29 is 17.2 Å². The average Bonchev–Trinajstić information content (AvgIpc) is 2.30. The topological polar surface area (TPSA) is 132 Å². The maximum atomic E-state index is 13.6. The molecule has 0 heterocycles. The number of rotatable bonds is 4. The lowest BCUT2D eigenvalue weighted by molar-refractivity contribution is 0.573. The quantitative estimate of drug-likeness (QED) is 0.425. The zero-order valence-electron chi connectivity index (χ0n) is 10.1. The fraction of sp³-hybridized carbons (Fsp3) is 0.100. The summed E-state index contributed by atoms with van der Waals surface area (Å²) < 4.78 is 49.5. The van der Waals surface area contributed by atoms with Gasteiger partial charge in [-0.1, -0.05) is 0 Å². The van der Waals surface area contributed by atoms with Gasteiger partial charge in [0.25, 0.3) is 0 Å². The number of amidine groups is 1. The zero-order chi connectivity index (χ0) is 15.5. The first-order valence-electron chi connectivity index (χ1n) is 4.94. The fourth-order valence-electron chi connectivity index (χ4n) is 1.13. The Morgan fingerprint density at radius 2 is 1.95 bits per heavy atom. The number of sulfone groups is 1. The van der Waals surface area contributed by atoms with E-state index in [-0.39, 0.29) is 0 Å². The largest absolute Gasteiger partial charge is 0.382 e. The fourth-order valence-corrected chi connectivity index (χ4v) is 1.76. The highest BCUT2D eigenvalue weighted by atomic mass is 32.2. The van der Waals surface area contributed by atoms with Gasteiger partial charge in [0.15, 0.2) is 27.3 Å². The minimum absolute atomic E-state index is 0.533. The van der Waals surface area contributed by atoms with E-state index in [9.17, 15) is 17.2 Å². The highest BCUT2D eigenvalue weighted by Crippen LogP contribution is 2.23. The van der Waals surface area contributed by atoms with Gasteiger partial charge >= 0.3 is 0 Å². The molecule has 20 heavy (non-hydrogen) atoms. The summed E-state index contributed by atoms with van der Waals surface area (Å²) in [6, 6.07) is 2.66. The van der Waals surface area contributed by atoms with Gasteiger partial charge in [0.05, 0.1) is 4.90 Å². The van der Waals surface area contributed by atoms with Gasteiger partial charge < -0.3 is 5.73 Å². The number of benzene rings is 1. The molecule has 0 aliphatic carbocycles. The third kappa shape index (κ3) is 3.48. The first kappa shape index (κ1) is 15.5. The van der Waals surface area contributed by atoms with Crippen molar-refractivity contribution in [3.8, 4) is 6.07 Å². The zero-order valence-corrected chi connectivity index (χ0v) is 10.9. The summed E-state index contributed by atoms with van der Waals surface area (Å²) in [5, 5.41) is 18.8. The molecule has 0 radical (unpaired) electrons. The Kier molecular flexibility index (Phi) is 4.36. The maximum absolute atomic E-state index is 13.6. The predicted molar refractivity (Wildman–Crippen MR) is 68.1 cm³/mol. The lowest BCUT2D eigenvalue weighted by Gasteiger charge is -2.06. The Morgan fingerprint density at radius 1 is 1.45 bits per heavy atom. The van der Waals surface area contributed by atoms with Crippen molar-refractivity contribution in [1.29, 1.82) is 10.7 Å². The van der Waals surface area contributed by atoms with E-state index >= 15 is 0 Å². The second kappa shape index (κ2) is 5.62. The van der Waals surface area contributed by atoms with E-state index in [4.69, 9.17) is 16.4 Å². The summed E-state index contributed by atoms with van der Waals surface area (Å²) >= 11 is 0. The molecule has 0 saturated carbocycles. The smallest absolute Gasteiger partial charge is 0.201 e. The number of hydrogen-bond acceptors (Lipinski definition) is 6. The van der Waals surface area contributed by atoms with Crippen LogP contribution in [0.5, 0.6) is 0 Å². The van der Waals surface area contributed by atoms with E-state index < -0.39 is 43.6 Å². The Balaban J connectivity index is 3.24. The third-order valence-corrected chi connectivity index (χ3v) is 3.18. The number of nitrogens with zero attached hydrogens (tertiary/aromatic N) is 2. The van der Waals surface area contributed by atoms with E-state index in [1.807, 2.05) is 5.43 Å². The van der Waals surface area contributed by atoms with E-state index in [1.54, 1.807) is 0 Å². The minimum Gasteiger partial charge on any atom is -0.382 e. The van der Waals surface area contributed by atoms with E-state index in [0.717, 1.165) is 6.26 Å². The van der Waals surface area contributed by atoms with E-state index in [2.05, 4.69) is 5.10 Å². The van der Waals surface area contributed by atoms with Gasteiger partial charge in [-0.15, -0.1) is 0 Å². The third-order valence-electron chi connectivity index (χ3n) is 2.08. The number of hydrogen-bond donors (Lipinski definition) is 3. The lowest BCUT2D eigenvalue weighted by Crippen LogP contribution is -2.22. The highest BCUT2D eigenvalue weighted by Gasteiger charge is 2.16. The molecule has 1 aromatic rings. The molecule has 1 rings (SSSR count). The first-order valence-corrected chi connectivity index (χ1v) is 6.83. The molecule has 10 heteroatoms. The van der Waals surface area contributed by atoms with Crippen LogP contribution in [0.15, 0.2) is 22.1 Å². The maximum Gasteiger partial charge on any atom is 0.201 e. The van der Waals surface area contributed by atoms with Crippen LogP contribution >= 0.6 is 0 Å². The predicted octanol–water partition coefficient (Wildman–Crippen LogP) is 0.596. The first-order chi connectivity index (χ1) is 9.16. The second-order valence-electron chi connectivity index (χ2n) is 3.63. The molecule has 0 spiro atoms. The summed E-state index contributed by atoms with van der Waals surface area (Å²) in [5.74, 6) is -3.11. The highest BCUT2D eigenvalue weighted by molar-refractivity contribution is 7.90. The second-order valence-corrected chi connectivity index (χ2v) is 5.65. The Bertz CT molecular complexity index is 714. The van der Waals surface area contributed by atoms with Gasteiger partial charge in [-0.2, -0.15) is 10.4 Å². The van der Waals surface area contributed by atoms with Crippen molar-refractivity contribution >= 4 is 27.1 Å². The van der Waals surface area contributed by atoms with Crippen molar-refractivity contribution in [2.24, 2.45) is 10.8 Å². The van der Waals surface area contributed by atoms with Crippen LogP contribution in [0.4, 0.5) is 14.5 Å². The van der Waals surface area contributed by atoms with Gasteiger partial charge in [-0.25, -0.2) is 17.2 Å². The summed E-state index contributed by atoms with van der Waals surface area (Å²) in [6.45, 7) is 0. The summed E-state index contributed by atoms with van der Waals surface area (Å²) in [4.78, 5) is -0.533. The number of nitrogens with two attached hydrogens (primary N) is 1. The van der Waals surface area contributed by atoms with Crippen LogP contribution in [0.25, 0.3) is 0 Å². The SMILES string of the molecule is CS(=O)(=O)c1cc(F)c(N/N=C(\C#N)C(=N)N)c(F)c1. The Hall–Kier alpha value is -2.54. The molecule has 0 saturated heterocycles. The van der Waals surface area contributed by atoms with Crippen LogP contribution in [0, 0.1) is 28.4 Å². The van der Waals surface area contributed by atoms with Crippen molar-refractivity contribution in [3.05, 3.63) is 23.8 Å². The van der Waals surface area contributed by atoms with Gasteiger partial charge in [-0.3, -0.25) is 10.8 Å². The molecular formula is C10H9F2N5O2S. The van der Waals surface area contributed by atoms with Crippen LogP contribution in [-0.2, 0) is 9.84 Å². The molecule has 0 unspecified atom stereocenters. The van der Waals surface area contributed by atoms with Gasteiger partial charge in [0.2, 0.25) is 5.71 Å². The van der Waals surface area contributed by atoms with E-state index in [0.29, 0.717) is 12.1 Å². The normalized spacial score (nSPS) is 11.8. The molecular weight excluding hydrogens is 292 g/mol. The molecule has 7 nitrogen and oxygen atoms in total. The van der Waals surface area contributed by atoms with Gasteiger partial charge in [0, 0.05) is 6.26 Å². The molecule has 106 valence electrons. The molecule has 0 fully saturated rings. The van der Waals surface area contributed by atoms with Crippen molar-refractivity contribution in [1.82, 2.24) is 0 Å². The molecule has 0 atom stereocenters. The lowest BCUT2D eigenvalue weighted by atomic mass is 10.3. The molecule has 1 aromatic carbocycles. The molecule has 0 bridgehead atoms. The number of anilines is 1. The number of nitrogens with one attached hydrogen (secondary N) is 2. The molecule has 0 aromatic heterocycles. The van der Waals surface area contributed by atoms with Crippen LogP contribution in [0.3, 0.4) is 0 Å². The molecule has 4 N–H and O–H groups in total. The number of nitriles is 1.